The van der Waals surface area contributed by atoms with Crippen molar-refractivity contribution in [2.24, 2.45) is 0 Å². The van der Waals surface area contributed by atoms with Crippen LogP contribution in [0.15, 0.2) is 29.2 Å². The zero-order valence-corrected chi connectivity index (χ0v) is 17.6. The Balaban J connectivity index is 1.81. The van der Waals surface area contributed by atoms with Gasteiger partial charge in [0.05, 0.1) is 5.75 Å². The lowest BCUT2D eigenvalue weighted by Crippen LogP contribution is -2.36. The molecule has 1 N–H and O–H groups in total. The highest BCUT2D eigenvalue weighted by atomic mass is 32.2. The summed E-state index contributed by atoms with van der Waals surface area (Å²) in [5.41, 5.74) is 0. The first-order valence-corrected chi connectivity index (χ1v) is 11.0. The maximum absolute atomic E-state index is 11.9. The van der Waals surface area contributed by atoms with Gasteiger partial charge in [-0.25, -0.2) is 4.79 Å². The SMILES string of the molecule is CCCOC(C)(CSc1ccc(OC(=O)NC2CCCC2)cc1)OCCC. The van der Waals surface area contributed by atoms with Gasteiger partial charge in [0.25, 0.3) is 0 Å². The minimum atomic E-state index is -0.590. The molecule has 1 aromatic rings. The predicted octanol–water partition coefficient (Wildman–Crippen LogP) is 5.38. The van der Waals surface area contributed by atoms with Crippen LogP contribution in [0, 0.1) is 0 Å². The summed E-state index contributed by atoms with van der Waals surface area (Å²) in [5.74, 6) is 0.671. The average Bonchev–Trinajstić information content (AvgIpc) is 3.17. The van der Waals surface area contributed by atoms with Crippen LogP contribution in [0.1, 0.15) is 59.3 Å². The van der Waals surface area contributed by atoms with Crippen LogP contribution >= 0.6 is 11.8 Å². The summed E-state index contributed by atoms with van der Waals surface area (Å²) in [7, 11) is 0. The van der Waals surface area contributed by atoms with E-state index in [1.807, 2.05) is 31.2 Å². The zero-order chi connectivity index (χ0) is 19.5. The van der Waals surface area contributed by atoms with Crippen molar-refractivity contribution in [1.82, 2.24) is 5.32 Å². The van der Waals surface area contributed by atoms with Crippen molar-refractivity contribution in [3.63, 3.8) is 0 Å². The molecule has 0 aliphatic heterocycles. The fourth-order valence-corrected chi connectivity index (χ4v) is 3.88. The highest BCUT2D eigenvalue weighted by Crippen LogP contribution is 2.28. The van der Waals surface area contributed by atoms with Gasteiger partial charge < -0.3 is 19.5 Å². The first-order valence-electron chi connectivity index (χ1n) is 10.0. The molecular formula is C21H33NO4S. The maximum atomic E-state index is 11.9. The van der Waals surface area contributed by atoms with Crippen LogP contribution < -0.4 is 10.1 Å². The molecule has 1 aliphatic carbocycles. The molecule has 0 atom stereocenters. The number of hydrogen-bond acceptors (Lipinski definition) is 5. The monoisotopic (exact) mass is 395 g/mol. The van der Waals surface area contributed by atoms with E-state index in [4.69, 9.17) is 14.2 Å². The van der Waals surface area contributed by atoms with Crippen molar-refractivity contribution in [2.75, 3.05) is 19.0 Å². The lowest BCUT2D eigenvalue weighted by atomic mass is 10.3. The third-order valence-electron chi connectivity index (χ3n) is 4.44. The Morgan fingerprint density at radius 2 is 1.70 bits per heavy atom. The van der Waals surface area contributed by atoms with Crippen molar-refractivity contribution in [3.05, 3.63) is 24.3 Å². The molecular weight excluding hydrogens is 362 g/mol. The lowest BCUT2D eigenvalue weighted by Gasteiger charge is -2.29. The molecule has 2 rings (SSSR count). The predicted molar refractivity (Wildman–Crippen MR) is 109 cm³/mol. The number of rotatable bonds is 11. The second-order valence-corrected chi connectivity index (χ2v) is 8.15. The molecule has 0 saturated heterocycles. The quantitative estimate of drug-likeness (QED) is 0.403. The maximum Gasteiger partial charge on any atom is 0.412 e. The first kappa shape index (κ1) is 22.1. The van der Waals surface area contributed by atoms with Crippen molar-refractivity contribution in [2.45, 2.75) is 76.0 Å². The molecule has 1 fully saturated rings. The minimum Gasteiger partial charge on any atom is -0.410 e. The number of thioether (sulfide) groups is 1. The fraction of sp³-hybridized carbons (Fsp3) is 0.667. The van der Waals surface area contributed by atoms with Gasteiger partial charge in [0, 0.05) is 24.2 Å². The van der Waals surface area contributed by atoms with Crippen LogP contribution in [0.5, 0.6) is 5.75 Å². The normalized spacial score (nSPS) is 15.1. The Labute approximate surface area is 167 Å². The van der Waals surface area contributed by atoms with E-state index in [0.717, 1.165) is 30.6 Å². The molecule has 1 amide bonds. The minimum absolute atomic E-state index is 0.260. The highest BCUT2D eigenvalue weighted by Gasteiger charge is 2.26. The van der Waals surface area contributed by atoms with Gasteiger partial charge in [-0.1, -0.05) is 26.7 Å². The van der Waals surface area contributed by atoms with Gasteiger partial charge in [-0.05, 0) is 56.9 Å². The van der Waals surface area contributed by atoms with E-state index in [0.29, 0.717) is 24.7 Å². The summed E-state index contributed by atoms with van der Waals surface area (Å²) in [5, 5.41) is 2.93. The fourth-order valence-electron chi connectivity index (χ4n) is 2.95. The van der Waals surface area contributed by atoms with Crippen LogP contribution in [-0.4, -0.2) is 36.9 Å². The van der Waals surface area contributed by atoms with E-state index < -0.39 is 5.79 Å². The Morgan fingerprint density at radius 1 is 1.11 bits per heavy atom. The Morgan fingerprint density at radius 3 is 2.26 bits per heavy atom. The number of nitrogens with one attached hydrogen (secondary N) is 1. The van der Waals surface area contributed by atoms with Crippen molar-refractivity contribution < 1.29 is 19.0 Å². The van der Waals surface area contributed by atoms with Crippen LogP contribution in [0.4, 0.5) is 4.79 Å². The van der Waals surface area contributed by atoms with E-state index in [1.54, 1.807) is 11.8 Å². The summed E-state index contributed by atoms with van der Waals surface area (Å²) in [4.78, 5) is 13.0. The Kier molecular flexibility index (Phi) is 9.45. The molecule has 0 aromatic heterocycles. The summed E-state index contributed by atoms with van der Waals surface area (Å²) >= 11 is 1.68. The smallest absolute Gasteiger partial charge is 0.410 e. The highest BCUT2D eigenvalue weighted by molar-refractivity contribution is 7.99. The molecule has 1 aromatic carbocycles. The van der Waals surface area contributed by atoms with Crippen LogP contribution in [0.3, 0.4) is 0 Å². The van der Waals surface area contributed by atoms with Gasteiger partial charge in [0.1, 0.15) is 5.75 Å². The zero-order valence-electron chi connectivity index (χ0n) is 16.8. The molecule has 0 bridgehead atoms. The average molecular weight is 396 g/mol. The van der Waals surface area contributed by atoms with Crippen LogP contribution in [0.2, 0.25) is 0 Å². The third-order valence-corrected chi connectivity index (χ3v) is 5.71. The molecule has 1 saturated carbocycles. The largest absolute Gasteiger partial charge is 0.412 e. The Bertz CT molecular complexity index is 550. The lowest BCUT2D eigenvalue weighted by molar-refractivity contribution is -0.209. The summed E-state index contributed by atoms with van der Waals surface area (Å²) in [6, 6.07) is 7.84. The molecule has 1 aliphatic rings. The van der Waals surface area contributed by atoms with Gasteiger partial charge >= 0.3 is 6.09 Å². The summed E-state index contributed by atoms with van der Waals surface area (Å²) in [6.45, 7) is 7.55. The van der Waals surface area contributed by atoms with E-state index in [-0.39, 0.29) is 12.1 Å². The topological polar surface area (TPSA) is 56.8 Å². The molecule has 0 radical (unpaired) electrons. The van der Waals surface area contributed by atoms with Gasteiger partial charge in [-0.15, -0.1) is 11.8 Å². The number of ether oxygens (including phenoxy) is 3. The second-order valence-electron chi connectivity index (χ2n) is 7.11. The van der Waals surface area contributed by atoms with Gasteiger partial charge in [-0.3, -0.25) is 0 Å². The first-order chi connectivity index (χ1) is 13.0. The Hall–Kier alpha value is -1.24. The van der Waals surface area contributed by atoms with Crippen LogP contribution in [-0.2, 0) is 9.47 Å². The van der Waals surface area contributed by atoms with E-state index in [2.05, 4.69) is 19.2 Å². The van der Waals surface area contributed by atoms with E-state index >= 15 is 0 Å². The number of amides is 1. The van der Waals surface area contributed by atoms with Crippen molar-refractivity contribution >= 4 is 17.9 Å². The standard InChI is InChI=1S/C21H33NO4S/c1-4-14-24-21(3,25-15-5-2)16-27-19-12-10-18(11-13-19)26-20(23)22-17-8-6-7-9-17/h10-13,17H,4-9,14-16H2,1-3H3,(H,22,23). The second kappa shape index (κ2) is 11.6. The number of benzene rings is 1. The molecule has 152 valence electrons. The molecule has 6 heteroatoms. The van der Waals surface area contributed by atoms with Gasteiger partial charge in [-0.2, -0.15) is 0 Å². The molecule has 27 heavy (non-hydrogen) atoms. The molecule has 0 spiro atoms. The van der Waals surface area contributed by atoms with Gasteiger partial charge in [0.15, 0.2) is 5.79 Å². The van der Waals surface area contributed by atoms with Gasteiger partial charge in [0.2, 0.25) is 0 Å². The van der Waals surface area contributed by atoms with Crippen LogP contribution in [0.25, 0.3) is 0 Å². The summed E-state index contributed by atoms with van der Waals surface area (Å²) in [6.07, 6.45) is 6.01. The van der Waals surface area contributed by atoms with Crippen molar-refractivity contribution in [3.8, 4) is 5.75 Å². The molecule has 0 unspecified atom stereocenters. The van der Waals surface area contributed by atoms with E-state index in [9.17, 15) is 4.79 Å². The molecule has 0 heterocycles. The number of carbonyl (C=O) groups excluding carboxylic acids is 1. The summed E-state index contributed by atoms with van der Waals surface area (Å²) < 4.78 is 17.2. The van der Waals surface area contributed by atoms with Crippen molar-refractivity contribution in [1.29, 1.82) is 0 Å². The molecule has 5 nitrogen and oxygen atoms in total. The van der Waals surface area contributed by atoms with E-state index in [1.165, 1.54) is 12.8 Å². The number of carbonyl (C=O) groups is 1. The third kappa shape index (κ3) is 8.11. The number of hydrogen-bond donors (Lipinski definition) is 1.